The first-order valence-corrected chi connectivity index (χ1v) is 8.08. The Morgan fingerprint density at radius 3 is 2.54 bits per heavy atom. The van der Waals surface area contributed by atoms with Crippen molar-refractivity contribution in [1.82, 2.24) is 19.6 Å². The molecular formula is C18H13ClN4O3. The third-order valence-corrected chi connectivity index (χ3v) is 4.26. The Morgan fingerprint density at radius 2 is 1.85 bits per heavy atom. The van der Waals surface area contributed by atoms with E-state index >= 15 is 0 Å². The summed E-state index contributed by atoms with van der Waals surface area (Å²) < 4.78 is 11.4. The number of halogens is 1. The van der Waals surface area contributed by atoms with Gasteiger partial charge in [-0.2, -0.15) is 4.52 Å². The molecule has 0 saturated heterocycles. The Morgan fingerprint density at radius 1 is 1.08 bits per heavy atom. The van der Waals surface area contributed by atoms with Gasteiger partial charge in [0.15, 0.2) is 11.5 Å². The van der Waals surface area contributed by atoms with Gasteiger partial charge < -0.3 is 9.47 Å². The second-order valence-corrected chi connectivity index (χ2v) is 5.81. The van der Waals surface area contributed by atoms with E-state index in [4.69, 9.17) is 21.1 Å². The van der Waals surface area contributed by atoms with Crippen LogP contribution in [0.3, 0.4) is 0 Å². The lowest BCUT2D eigenvalue weighted by Gasteiger charge is -2.05. The molecule has 2 heterocycles. The van der Waals surface area contributed by atoms with Crippen LogP contribution in [0.2, 0.25) is 5.28 Å². The summed E-state index contributed by atoms with van der Waals surface area (Å²) in [5.74, 6) is 0.717. The number of hydrogen-bond donors (Lipinski definition) is 0. The van der Waals surface area contributed by atoms with Gasteiger partial charge in [0.1, 0.15) is 5.75 Å². The third-order valence-electron chi connectivity index (χ3n) is 4.01. The quantitative estimate of drug-likeness (QED) is 0.407. The molecule has 0 fully saturated rings. The van der Waals surface area contributed by atoms with Crippen molar-refractivity contribution in [3.05, 3.63) is 53.3 Å². The predicted octanol–water partition coefficient (Wildman–Crippen LogP) is 3.39. The van der Waals surface area contributed by atoms with Crippen LogP contribution in [0.4, 0.5) is 0 Å². The summed E-state index contributed by atoms with van der Waals surface area (Å²) in [7, 11) is 2.93. The second-order valence-electron chi connectivity index (χ2n) is 5.47. The molecule has 0 amide bonds. The zero-order valence-corrected chi connectivity index (χ0v) is 14.7. The van der Waals surface area contributed by atoms with Crippen LogP contribution in [0.1, 0.15) is 10.4 Å². The summed E-state index contributed by atoms with van der Waals surface area (Å²) in [6.07, 6.45) is 0. The minimum atomic E-state index is -0.476. The molecule has 0 spiro atoms. The van der Waals surface area contributed by atoms with Crippen molar-refractivity contribution in [3.63, 3.8) is 0 Å². The summed E-state index contributed by atoms with van der Waals surface area (Å²) in [6, 6.07) is 12.5. The molecule has 0 unspecified atom stereocenters. The van der Waals surface area contributed by atoms with E-state index in [0.717, 1.165) is 11.3 Å². The summed E-state index contributed by atoms with van der Waals surface area (Å²) in [6.45, 7) is 0. The Kier molecular flexibility index (Phi) is 3.93. The predicted molar refractivity (Wildman–Crippen MR) is 96.6 cm³/mol. The van der Waals surface area contributed by atoms with E-state index in [1.165, 1.54) is 11.6 Å². The number of nitrogens with zero attached hydrogens (tertiary/aromatic N) is 4. The fourth-order valence-corrected chi connectivity index (χ4v) is 2.97. The van der Waals surface area contributed by atoms with Crippen LogP contribution in [-0.2, 0) is 4.74 Å². The highest BCUT2D eigenvalue weighted by molar-refractivity contribution is 6.29. The Hall–Kier alpha value is -3.19. The maximum atomic E-state index is 12.1. The summed E-state index contributed by atoms with van der Waals surface area (Å²) in [5.41, 5.74) is 2.12. The highest BCUT2D eigenvalue weighted by atomic mass is 35.5. The Balaban J connectivity index is 2.00. The first-order chi connectivity index (χ1) is 12.6. The summed E-state index contributed by atoms with van der Waals surface area (Å²) in [4.78, 5) is 21.0. The fraction of sp³-hybridized carbons (Fsp3) is 0.111. The Labute approximate surface area is 153 Å². The molecular weight excluding hydrogens is 356 g/mol. The number of methoxy groups -OCH3 is 2. The van der Waals surface area contributed by atoms with Crippen LogP contribution in [0.15, 0.2) is 42.5 Å². The lowest BCUT2D eigenvalue weighted by molar-refractivity contribution is 0.0603. The summed E-state index contributed by atoms with van der Waals surface area (Å²) in [5, 5.41) is 5.12. The van der Waals surface area contributed by atoms with Gasteiger partial charge in [-0.25, -0.2) is 14.8 Å². The van der Waals surface area contributed by atoms with Crippen molar-refractivity contribution < 1.29 is 14.3 Å². The molecule has 0 saturated carbocycles. The smallest absolute Gasteiger partial charge is 0.338 e. The molecule has 0 radical (unpaired) electrons. The maximum Gasteiger partial charge on any atom is 0.338 e. The highest BCUT2D eigenvalue weighted by Crippen LogP contribution is 2.27. The van der Waals surface area contributed by atoms with Crippen LogP contribution >= 0.6 is 11.6 Å². The van der Waals surface area contributed by atoms with Crippen LogP contribution < -0.4 is 4.74 Å². The molecule has 0 atom stereocenters. The Bertz CT molecular complexity index is 1140. The van der Waals surface area contributed by atoms with Gasteiger partial charge in [-0.05, 0) is 48.0 Å². The lowest BCUT2D eigenvalue weighted by atomic mass is 10.1. The van der Waals surface area contributed by atoms with Gasteiger partial charge in [0.25, 0.3) is 0 Å². The molecule has 0 aliphatic rings. The van der Waals surface area contributed by atoms with Crippen LogP contribution in [0, 0.1) is 0 Å². The minimum Gasteiger partial charge on any atom is -0.497 e. The van der Waals surface area contributed by atoms with Gasteiger partial charge in [0.05, 0.1) is 30.7 Å². The first-order valence-electron chi connectivity index (χ1n) is 7.70. The molecule has 8 heteroatoms. The molecule has 0 aliphatic carbocycles. The standard InChI is InChI=1S/C18H13ClN4O3/c1-25-11-8-6-10(7-9-11)15-21-16-14-12(17(24)26-2)4-3-5-13(14)20-18(19)23(16)22-15/h3-9H,1-2H3. The first kappa shape index (κ1) is 16.3. The normalized spacial score (nSPS) is 11.0. The van der Waals surface area contributed by atoms with E-state index in [-0.39, 0.29) is 5.28 Å². The van der Waals surface area contributed by atoms with Gasteiger partial charge >= 0.3 is 5.97 Å². The number of aromatic nitrogens is 4. The van der Waals surface area contributed by atoms with Crippen molar-refractivity contribution >= 4 is 34.1 Å². The van der Waals surface area contributed by atoms with Crippen LogP contribution in [0.5, 0.6) is 5.75 Å². The number of carbonyl (C=O) groups is 1. The number of carbonyl (C=O) groups excluding carboxylic acids is 1. The second kappa shape index (κ2) is 6.27. The van der Waals surface area contributed by atoms with E-state index in [1.807, 2.05) is 24.3 Å². The monoisotopic (exact) mass is 368 g/mol. The molecule has 4 rings (SSSR count). The molecule has 2 aromatic carbocycles. The van der Waals surface area contributed by atoms with Gasteiger partial charge in [-0.3, -0.25) is 0 Å². The average molecular weight is 369 g/mol. The molecule has 2 aromatic heterocycles. The average Bonchev–Trinajstić information content (AvgIpc) is 3.13. The maximum absolute atomic E-state index is 12.1. The number of rotatable bonds is 3. The number of hydrogen-bond acceptors (Lipinski definition) is 6. The topological polar surface area (TPSA) is 78.6 Å². The molecule has 26 heavy (non-hydrogen) atoms. The number of esters is 1. The van der Waals surface area contributed by atoms with Gasteiger partial charge in [0, 0.05) is 5.56 Å². The van der Waals surface area contributed by atoms with Crippen LogP contribution in [0.25, 0.3) is 27.9 Å². The van der Waals surface area contributed by atoms with E-state index < -0.39 is 5.97 Å². The van der Waals surface area contributed by atoms with Gasteiger partial charge in [-0.1, -0.05) is 6.07 Å². The van der Waals surface area contributed by atoms with Crippen molar-refractivity contribution in [3.8, 4) is 17.1 Å². The van der Waals surface area contributed by atoms with Crippen LogP contribution in [-0.4, -0.2) is 39.8 Å². The number of benzene rings is 2. The third kappa shape index (κ3) is 2.53. The molecule has 0 bridgehead atoms. The molecule has 130 valence electrons. The van der Waals surface area contributed by atoms with Gasteiger partial charge in [0.2, 0.25) is 5.28 Å². The van der Waals surface area contributed by atoms with E-state index in [9.17, 15) is 4.79 Å². The van der Waals surface area contributed by atoms with Gasteiger partial charge in [-0.15, -0.1) is 5.10 Å². The van der Waals surface area contributed by atoms with E-state index in [1.54, 1.807) is 25.3 Å². The van der Waals surface area contributed by atoms with Crippen molar-refractivity contribution in [2.75, 3.05) is 14.2 Å². The summed E-state index contributed by atoms with van der Waals surface area (Å²) >= 11 is 6.26. The highest BCUT2D eigenvalue weighted by Gasteiger charge is 2.19. The zero-order chi connectivity index (χ0) is 18.3. The van der Waals surface area contributed by atoms with Crippen molar-refractivity contribution in [1.29, 1.82) is 0 Å². The fourth-order valence-electron chi connectivity index (χ4n) is 2.76. The SMILES string of the molecule is COC(=O)c1cccc2nc(Cl)n3nc(-c4ccc(OC)cc4)nc3c12. The van der Waals surface area contributed by atoms with E-state index in [0.29, 0.717) is 27.9 Å². The molecule has 7 nitrogen and oxygen atoms in total. The van der Waals surface area contributed by atoms with Crippen molar-refractivity contribution in [2.45, 2.75) is 0 Å². The number of fused-ring (bicyclic) bond motifs is 3. The largest absolute Gasteiger partial charge is 0.497 e. The van der Waals surface area contributed by atoms with Crippen molar-refractivity contribution in [2.24, 2.45) is 0 Å². The zero-order valence-electron chi connectivity index (χ0n) is 13.9. The van der Waals surface area contributed by atoms with E-state index in [2.05, 4.69) is 15.1 Å². The molecule has 0 aliphatic heterocycles. The lowest BCUT2D eigenvalue weighted by Crippen LogP contribution is -2.04. The molecule has 0 N–H and O–H groups in total. The minimum absolute atomic E-state index is 0.154. The molecule has 4 aromatic rings. The number of ether oxygens (including phenoxy) is 2.